The highest BCUT2D eigenvalue weighted by molar-refractivity contribution is 5.96. The average molecular weight is 551 g/mol. The summed E-state index contributed by atoms with van der Waals surface area (Å²) in [5, 5.41) is 0. The molecule has 1 N–H and O–H groups in total. The van der Waals surface area contributed by atoms with E-state index >= 15 is 0 Å². The van der Waals surface area contributed by atoms with Gasteiger partial charge >= 0.3 is 0 Å². The second-order valence-electron chi connectivity index (χ2n) is 12.1. The Balaban J connectivity index is 1.15. The van der Waals surface area contributed by atoms with Crippen molar-refractivity contribution in [1.82, 2.24) is 24.8 Å². The smallest absolute Gasteiger partial charge is 0.253 e. The molecule has 212 valence electrons. The van der Waals surface area contributed by atoms with Crippen molar-refractivity contribution in [3.05, 3.63) is 65.5 Å². The molecule has 7 rings (SSSR count). The Hall–Kier alpha value is -3.75. The van der Waals surface area contributed by atoms with Crippen LogP contribution >= 0.6 is 0 Å². The van der Waals surface area contributed by atoms with Crippen LogP contribution < -0.4 is 4.90 Å². The third-order valence-electron chi connectivity index (χ3n) is 9.12. The Bertz CT molecular complexity index is 1590. The van der Waals surface area contributed by atoms with Crippen molar-refractivity contribution < 1.29 is 9.53 Å². The molecule has 1 amide bonds. The molecule has 5 heterocycles. The first-order chi connectivity index (χ1) is 19.9. The number of piperazine rings is 1. The van der Waals surface area contributed by atoms with Crippen molar-refractivity contribution >= 4 is 22.8 Å². The van der Waals surface area contributed by atoms with Crippen molar-refractivity contribution in [1.29, 1.82) is 0 Å². The number of hydrogen-bond donors (Lipinski definition) is 1. The number of H-pyrrole nitrogens is 1. The van der Waals surface area contributed by atoms with Crippen molar-refractivity contribution in [2.45, 2.75) is 32.2 Å². The summed E-state index contributed by atoms with van der Waals surface area (Å²) < 4.78 is 5.47. The summed E-state index contributed by atoms with van der Waals surface area (Å²) in [6, 6.07) is 13.0. The largest absolute Gasteiger partial charge is 0.381 e. The molecule has 4 aromatic rings. The Morgan fingerprint density at radius 2 is 2.00 bits per heavy atom. The highest BCUT2D eigenvalue weighted by atomic mass is 16.5. The second-order valence-corrected chi connectivity index (χ2v) is 12.1. The van der Waals surface area contributed by atoms with Crippen LogP contribution in [0.5, 0.6) is 0 Å². The molecule has 8 nitrogen and oxygen atoms in total. The number of rotatable bonds is 5. The van der Waals surface area contributed by atoms with E-state index in [4.69, 9.17) is 14.7 Å². The van der Waals surface area contributed by atoms with Gasteiger partial charge in [0.15, 0.2) is 5.65 Å². The number of nitrogens with zero attached hydrogens (tertiary/aromatic N) is 5. The molecule has 0 radical (unpaired) electrons. The van der Waals surface area contributed by atoms with Crippen molar-refractivity contribution in [2.75, 3.05) is 58.4 Å². The highest BCUT2D eigenvalue weighted by Gasteiger charge is 2.32. The maximum atomic E-state index is 13.0. The first-order valence-electron chi connectivity index (χ1n) is 14.8. The molecule has 2 atom stereocenters. The Labute approximate surface area is 241 Å². The fourth-order valence-electron chi connectivity index (χ4n) is 6.94. The number of carbonyl (C=O) groups excluding carboxylic acids is 1. The number of anilines is 1. The van der Waals surface area contributed by atoms with Gasteiger partial charge in [-0.1, -0.05) is 12.1 Å². The number of carbonyl (C=O) groups is 1. The van der Waals surface area contributed by atoms with Crippen LogP contribution in [0.15, 0.2) is 48.8 Å². The van der Waals surface area contributed by atoms with Crippen LogP contribution in [0.2, 0.25) is 0 Å². The molecule has 3 aliphatic heterocycles. The van der Waals surface area contributed by atoms with Gasteiger partial charge in [-0.05, 0) is 74.2 Å². The zero-order chi connectivity index (χ0) is 28.1. The standard InChI is InChI=1S/C33H38N6O2/c1-21-14-26(15-25-8-9-27-19-37(2)11-12-39(27)31(21)25)29-17-35-32-30(36-29)28(16-34-32)23-4-6-24(7-5-23)33(40)38(3)18-22-10-13-41-20-22/h4-7,14-17,22,27H,8-13,18-20H2,1-3H3,(H,34,35)/t22-,27-/m0/s1. The summed E-state index contributed by atoms with van der Waals surface area (Å²) in [7, 11) is 4.10. The molecular weight excluding hydrogens is 512 g/mol. The summed E-state index contributed by atoms with van der Waals surface area (Å²) in [6.07, 6.45) is 7.14. The Morgan fingerprint density at radius 3 is 2.80 bits per heavy atom. The number of aromatic amines is 1. The molecule has 0 aliphatic carbocycles. The quantitative estimate of drug-likeness (QED) is 0.386. The number of ether oxygens (including phenoxy) is 1. The van der Waals surface area contributed by atoms with E-state index in [2.05, 4.69) is 40.9 Å². The van der Waals surface area contributed by atoms with E-state index in [0.717, 1.165) is 85.8 Å². The number of likely N-dealkylation sites (N-methyl/N-ethyl adjacent to an activating group) is 1. The molecule has 0 saturated carbocycles. The predicted octanol–water partition coefficient (Wildman–Crippen LogP) is 4.78. The van der Waals surface area contributed by atoms with Crippen LogP contribution in [0.3, 0.4) is 0 Å². The molecule has 2 fully saturated rings. The normalized spacial score (nSPS) is 20.7. The zero-order valence-electron chi connectivity index (χ0n) is 24.2. The molecular formula is C33H38N6O2. The van der Waals surface area contributed by atoms with E-state index < -0.39 is 0 Å². The number of aryl methyl sites for hydroxylation is 2. The van der Waals surface area contributed by atoms with Gasteiger partial charge in [-0.15, -0.1) is 0 Å². The van der Waals surface area contributed by atoms with E-state index in [-0.39, 0.29) is 5.91 Å². The first kappa shape index (κ1) is 26.2. The zero-order valence-corrected chi connectivity index (χ0v) is 24.2. The van der Waals surface area contributed by atoms with Crippen molar-refractivity contribution in [3.8, 4) is 22.4 Å². The lowest BCUT2D eigenvalue weighted by atomic mass is 9.89. The number of aromatic nitrogens is 3. The molecule has 41 heavy (non-hydrogen) atoms. The number of fused-ring (bicyclic) bond motifs is 4. The van der Waals surface area contributed by atoms with Gasteiger partial charge in [0.1, 0.15) is 5.52 Å². The predicted molar refractivity (Wildman–Crippen MR) is 162 cm³/mol. The topological polar surface area (TPSA) is 77.6 Å². The number of hydrogen-bond acceptors (Lipinski definition) is 6. The van der Waals surface area contributed by atoms with Gasteiger partial charge in [0.05, 0.1) is 18.5 Å². The van der Waals surface area contributed by atoms with Gasteiger partial charge in [0.2, 0.25) is 0 Å². The van der Waals surface area contributed by atoms with Crippen LogP contribution in [-0.4, -0.2) is 90.2 Å². The number of nitrogens with one attached hydrogen (secondary N) is 1. The van der Waals surface area contributed by atoms with E-state index in [9.17, 15) is 4.79 Å². The van der Waals surface area contributed by atoms with Gasteiger partial charge in [-0.3, -0.25) is 4.79 Å². The van der Waals surface area contributed by atoms with Gasteiger partial charge < -0.3 is 24.4 Å². The lowest BCUT2D eigenvalue weighted by Crippen LogP contribution is -2.54. The minimum Gasteiger partial charge on any atom is -0.381 e. The van der Waals surface area contributed by atoms with E-state index in [1.807, 2.05) is 48.6 Å². The minimum atomic E-state index is 0.0372. The fraction of sp³-hybridized carbons (Fsp3) is 0.424. The van der Waals surface area contributed by atoms with E-state index in [0.29, 0.717) is 17.5 Å². The highest BCUT2D eigenvalue weighted by Crippen LogP contribution is 2.38. The second kappa shape index (κ2) is 10.6. The Kier molecular flexibility index (Phi) is 6.75. The minimum absolute atomic E-state index is 0.0372. The van der Waals surface area contributed by atoms with Crippen LogP contribution in [0.1, 0.15) is 34.3 Å². The number of benzene rings is 2. The fourth-order valence-corrected chi connectivity index (χ4v) is 6.94. The molecule has 2 aromatic heterocycles. The van der Waals surface area contributed by atoms with E-state index in [1.165, 1.54) is 23.2 Å². The third kappa shape index (κ3) is 4.89. The van der Waals surface area contributed by atoms with Gasteiger partial charge in [-0.25, -0.2) is 9.97 Å². The maximum Gasteiger partial charge on any atom is 0.253 e. The lowest BCUT2D eigenvalue weighted by molar-refractivity contribution is 0.0766. The molecule has 0 bridgehead atoms. The number of amides is 1. The van der Waals surface area contributed by atoms with Gasteiger partial charge in [0, 0.05) is 80.4 Å². The van der Waals surface area contributed by atoms with Gasteiger partial charge in [0.25, 0.3) is 5.91 Å². The third-order valence-corrected chi connectivity index (χ3v) is 9.12. The Morgan fingerprint density at radius 1 is 1.15 bits per heavy atom. The van der Waals surface area contributed by atoms with Crippen molar-refractivity contribution in [3.63, 3.8) is 0 Å². The molecule has 2 aromatic carbocycles. The summed E-state index contributed by atoms with van der Waals surface area (Å²) in [5.74, 6) is 0.458. The SMILES string of the molecule is Cc1cc(-c2cnc3[nH]cc(-c4ccc(C(=O)N(C)C[C@@H]5CCOC5)cc4)c3n2)cc2c1N1CCN(C)C[C@@H]1CC2. The molecule has 0 unspecified atom stereocenters. The molecule has 0 spiro atoms. The van der Waals surface area contributed by atoms with Crippen LogP contribution in [0.4, 0.5) is 5.69 Å². The van der Waals surface area contributed by atoms with Crippen LogP contribution in [0.25, 0.3) is 33.5 Å². The van der Waals surface area contributed by atoms with Crippen LogP contribution in [-0.2, 0) is 11.2 Å². The summed E-state index contributed by atoms with van der Waals surface area (Å²) in [6.45, 7) is 7.82. The molecule has 2 saturated heterocycles. The maximum absolute atomic E-state index is 13.0. The van der Waals surface area contributed by atoms with Crippen LogP contribution in [0, 0.1) is 12.8 Å². The average Bonchev–Trinajstić information content (AvgIpc) is 3.66. The van der Waals surface area contributed by atoms with Gasteiger partial charge in [-0.2, -0.15) is 0 Å². The lowest BCUT2D eigenvalue weighted by Gasteiger charge is -2.46. The monoisotopic (exact) mass is 550 g/mol. The first-order valence-corrected chi connectivity index (χ1v) is 14.8. The summed E-state index contributed by atoms with van der Waals surface area (Å²) in [4.78, 5) is 33.0. The van der Waals surface area contributed by atoms with E-state index in [1.54, 1.807) is 0 Å². The van der Waals surface area contributed by atoms with Crippen molar-refractivity contribution in [2.24, 2.45) is 5.92 Å². The summed E-state index contributed by atoms with van der Waals surface area (Å²) in [5.41, 5.74) is 10.4. The molecule has 8 heteroatoms. The summed E-state index contributed by atoms with van der Waals surface area (Å²) >= 11 is 0. The molecule has 3 aliphatic rings.